The lowest BCUT2D eigenvalue weighted by Gasteiger charge is -2.19. The molecule has 3 atom stereocenters. The summed E-state index contributed by atoms with van der Waals surface area (Å²) in [6.45, 7) is 7.19. The number of carbonyl (C=O) groups excluding carboxylic acids is 1. The van der Waals surface area contributed by atoms with Crippen molar-refractivity contribution in [2.45, 2.75) is 40.2 Å². The maximum atomic E-state index is 11.9. The fourth-order valence-electron chi connectivity index (χ4n) is 1.76. The fraction of sp³-hybridized carbons (Fsp3) is 0.571. The lowest BCUT2D eigenvalue weighted by molar-refractivity contribution is -0.146. The predicted octanol–water partition coefficient (Wildman–Crippen LogP) is 2.46. The van der Waals surface area contributed by atoms with Crippen LogP contribution in [0.1, 0.15) is 30.5 Å². The topological polar surface area (TPSA) is 66.4 Å². The molecule has 19 heavy (non-hydrogen) atoms. The Labute approximate surface area is 117 Å². The van der Waals surface area contributed by atoms with Crippen molar-refractivity contribution in [2.24, 2.45) is 11.8 Å². The van der Waals surface area contributed by atoms with Crippen molar-refractivity contribution < 1.29 is 14.7 Å². The van der Waals surface area contributed by atoms with Gasteiger partial charge in [-0.1, -0.05) is 13.8 Å². The molecule has 0 radical (unpaired) electrons. The van der Waals surface area contributed by atoms with Crippen LogP contribution in [0.15, 0.2) is 12.1 Å². The number of nitrogens with one attached hydrogen (secondary N) is 1. The Kier molecular flexibility index (Phi) is 5.54. The van der Waals surface area contributed by atoms with Gasteiger partial charge in [-0.15, -0.1) is 11.3 Å². The van der Waals surface area contributed by atoms with E-state index in [1.165, 1.54) is 9.75 Å². The maximum absolute atomic E-state index is 11.9. The second kappa shape index (κ2) is 6.70. The molecule has 0 bridgehead atoms. The lowest BCUT2D eigenvalue weighted by atomic mass is 9.95. The van der Waals surface area contributed by atoms with Crippen molar-refractivity contribution in [3.8, 4) is 0 Å². The molecular weight excluding hydrogens is 262 g/mol. The molecule has 0 aliphatic carbocycles. The summed E-state index contributed by atoms with van der Waals surface area (Å²) in [5.74, 6) is -2.33. The van der Waals surface area contributed by atoms with Gasteiger partial charge in [0.15, 0.2) is 0 Å². The van der Waals surface area contributed by atoms with Crippen LogP contribution < -0.4 is 5.32 Å². The summed E-state index contributed by atoms with van der Waals surface area (Å²) >= 11 is 1.72. The zero-order valence-corrected chi connectivity index (χ0v) is 12.6. The van der Waals surface area contributed by atoms with E-state index in [4.69, 9.17) is 5.11 Å². The fourth-order valence-corrected chi connectivity index (χ4v) is 2.78. The van der Waals surface area contributed by atoms with Crippen LogP contribution in [-0.2, 0) is 16.0 Å². The van der Waals surface area contributed by atoms with E-state index in [-0.39, 0.29) is 11.9 Å². The molecule has 2 N–H and O–H groups in total. The third-order valence-corrected chi connectivity index (χ3v) is 4.27. The van der Waals surface area contributed by atoms with Crippen LogP contribution in [0.25, 0.3) is 0 Å². The second-order valence-electron chi connectivity index (χ2n) is 5.04. The maximum Gasteiger partial charge on any atom is 0.307 e. The molecule has 0 saturated carbocycles. The van der Waals surface area contributed by atoms with Crippen molar-refractivity contribution in [3.63, 3.8) is 0 Å². The molecule has 106 valence electrons. The van der Waals surface area contributed by atoms with Gasteiger partial charge in [-0.05, 0) is 26.0 Å². The number of amides is 1. The molecule has 0 spiro atoms. The molecule has 3 unspecified atom stereocenters. The normalized spacial score (nSPS) is 15.6. The summed E-state index contributed by atoms with van der Waals surface area (Å²) in [5.41, 5.74) is 0. The Morgan fingerprint density at radius 3 is 2.37 bits per heavy atom. The first-order valence-corrected chi connectivity index (χ1v) is 7.21. The summed E-state index contributed by atoms with van der Waals surface area (Å²) in [5, 5.41) is 11.8. The summed E-state index contributed by atoms with van der Waals surface area (Å²) in [7, 11) is 0. The molecular formula is C14H21NO3S. The summed E-state index contributed by atoms with van der Waals surface area (Å²) < 4.78 is 0. The van der Waals surface area contributed by atoms with Crippen LogP contribution in [0.5, 0.6) is 0 Å². The molecule has 1 heterocycles. The van der Waals surface area contributed by atoms with Gasteiger partial charge in [0.1, 0.15) is 0 Å². The second-order valence-corrected chi connectivity index (χ2v) is 6.41. The highest BCUT2D eigenvalue weighted by atomic mass is 32.1. The first-order chi connectivity index (χ1) is 8.81. The van der Waals surface area contributed by atoms with Crippen molar-refractivity contribution in [3.05, 3.63) is 21.9 Å². The van der Waals surface area contributed by atoms with Crippen LogP contribution >= 0.6 is 11.3 Å². The van der Waals surface area contributed by atoms with Gasteiger partial charge in [0, 0.05) is 28.1 Å². The van der Waals surface area contributed by atoms with Crippen LogP contribution in [0.3, 0.4) is 0 Å². The predicted molar refractivity (Wildman–Crippen MR) is 76.3 cm³/mol. The molecule has 0 fully saturated rings. The standard InChI is InChI=1S/C14H21NO3S/c1-8(7-12-6-5-9(2)19-12)15-13(16)10(3)11(4)14(17)18/h5-6,8,10-11H,7H2,1-4H3,(H,15,16)(H,17,18). The quantitative estimate of drug-likeness (QED) is 0.842. The lowest BCUT2D eigenvalue weighted by Crippen LogP contribution is -2.40. The highest BCUT2D eigenvalue weighted by molar-refractivity contribution is 7.11. The molecule has 1 amide bonds. The largest absolute Gasteiger partial charge is 0.481 e. The van der Waals surface area contributed by atoms with E-state index in [2.05, 4.69) is 17.4 Å². The van der Waals surface area contributed by atoms with E-state index in [9.17, 15) is 9.59 Å². The molecule has 0 aliphatic rings. The number of aryl methyl sites for hydroxylation is 1. The zero-order chi connectivity index (χ0) is 14.6. The molecule has 1 aromatic rings. The Hall–Kier alpha value is -1.36. The average molecular weight is 283 g/mol. The Balaban J connectivity index is 2.50. The molecule has 4 nitrogen and oxygen atoms in total. The van der Waals surface area contributed by atoms with Gasteiger partial charge < -0.3 is 10.4 Å². The monoisotopic (exact) mass is 283 g/mol. The van der Waals surface area contributed by atoms with Crippen LogP contribution in [-0.4, -0.2) is 23.0 Å². The van der Waals surface area contributed by atoms with Gasteiger partial charge in [-0.25, -0.2) is 0 Å². The van der Waals surface area contributed by atoms with Gasteiger partial charge in [0.2, 0.25) is 5.91 Å². The third kappa shape index (κ3) is 4.67. The zero-order valence-electron chi connectivity index (χ0n) is 11.8. The van der Waals surface area contributed by atoms with Gasteiger partial charge in [0.05, 0.1) is 5.92 Å². The van der Waals surface area contributed by atoms with Crippen LogP contribution in [0, 0.1) is 18.8 Å². The van der Waals surface area contributed by atoms with E-state index in [1.807, 2.05) is 13.8 Å². The number of carboxylic acids is 1. The number of thiophene rings is 1. The van der Waals surface area contributed by atoms with Crippen molar-refractivity contribution in [1.29, 1.82) is 0 Å². The molecule has 0 aromatic carbocycles. The van der Waals surface area contributed by atoms with Gasteiger partial charge in [-0.3, -0.25) is 9.59 Å². The van der Waals surface area contributed by atoms with Gasteiger partial charge in [0.25, 0.3) is 0 Å². The van der Waals surface area contributed by atoms with Crippen molar-refractivity contribution in [1.82, 2.24) is 5.32 Å². The Morgan fingerprint density at radius 2 is 1.89 bits per heavy atom. The van der Waals surface area contributed by atoms with Crippen molar-refractivity contribution >= 4 is 23.2 Å². The number of hydrogen-bond acceptors (Lipinski definition) is 3. The number of rotatable bonds is 6. The summed E-state index contributed by atoms with van der Waals surface area (Å²) in [6.07, 6.45) is 0.776. The van der Waals surface area contributed by atoms with E-state index >= 15 is 0 Å². The summed E-state index contributed by atoms with van der Waals surface area (Å²) in [6, 6.07) is 4.13. The van der Waals surface area contributed by atoms with E-state index < -0.39 is 17.8 Å². The number of hydrogen-bond donors (Lipinski definition) is 2. The molecule has 1 aromatic heterocycles. The smallest absolute Gasteiger partial charge is 0.307 e. The average Bonchev–Trinajstić information content (AvgIpc) is 2.72. The van der Waals surface area contributed by atoms with Crippen LogP contribution in [0.4, 0.5) is 0 Å². The van der Waals surface area contributed by atoms with E-state index in [0.29, 0.717) is 0 Å². The Bertz CT molecular complexity index is 455. The number of carbonyl (C=O) groups is 2. The summed E-state index contributed by atoms with van der Waals surface area (Å²) in [4.78, 5) is 25.2. The minimum atomic E-state index is -0.941. The van der Waals surface area contributed by atoms with E-state index in [1.54, 1.807) is 25.2 Å². The minimum absolute atomic E-state index is 0.00833. The highest BCUT2D eigenvalue weighted by Gasteiger charge is 2.26. The molecule has 0 saturated heterocycles. The number of carboxylic acid groups (broad SMARTS) is 1. The molecule has 1 rings (SSSR count). The third-order valence-electron chi connectivity index (χ3n) is 3.25. The SMILES string of the molecule is Cc1ccc(CC(C)NC(=O)C(C)C(C)C(=O)O)s1. The first-order valence-electron chi connectivity index (χ1n) is 6.39. The van der Waals surface area contributed by atoms with Crippen molar-refractivity contribution in [2.75, 3.05) is 0 Å². The highest BCUT2D eigenvalue weighted by Crippen LogP contribution is 2.17. The van der Waals surface area contributed by atoms with E-state index in [0.717, 1.165) is 6.42 Å². The van der Waals surface area contributed by atoms with Gasteiger partial charge >= 0.3 is 5.97 Å². The van der Waals surface area contributed by atoms with Crippen LogP contribution in [0.2, 0.25) is 0 Å². The number of aliphatic carboxylic acids is 1. The molecule has 0 aliphatic heterocycles. The first kappa shape index (κ1) is 15.7. The molecule has 5 heteroatoms. The minimum Gasteiger partial charge on any atom is -0.481 e. The Morgan fingerprint density at radius 1 is 1.26 bits per heavy atom. The van der Waals surface area contributed by atoms with Gasteiger partial charge in [-0.2, -0.15) is 0 Å².